The standard InChI is InChI=1S/C14H15N3O3/c1-3-9-20-11-8-6-5-7-10(11)12-13(16-17-15-12)14(18)19-4-2/h3,5-8H,1,4,9H2,2H3,(H,15,16,17). The first kappa shape index (κ1) is 13.8. The minimum absolute atomic E-state index is 0.140. The number of nitrogens with one attached hydrogen (secondary N) is 1. The van der Waals surface area contributed by atoms with Crippen LogP contribution in [-0.2, 0) is 4.74 Å². The van der Waals surface area contributed by atoms with Gasteiger partial charge in [-0.25, -0.2) is 4.79 Å². The van der Waals surface area contributed by atoms with E-state index in [2.05, 4.69) is 22.0 Å². The van der Waals surface area contributed by atoms with Crippen LogP contribution in [0, 0.1) is 0 Å². The first-order chi connectivity index (χ1) is 9.77. The van der Waals surface area contributed by atoms with E-state index in [-0.39, 0.29) is 12.3 Å². The van der Waals surface area contributed by atoms with Crippen molar-refractivity contribution in [2.75, 3.05) is 13.2 Å². The molecule has 0 radical (unpaired) electrons. The van der Waals surface area contributed by atoms with Gasteiger partial charge in [-0.05, 0) is 19.1 Å². The van der Waals surface area contributed by atoms with E-state index in [1.807, 2.05) is 12.1 Å². The van der Waals surface area contributed by atoms with E-state index in [0.717, 1.165) is 0 Å². The summed E-state index contributed by atoms with van der Waals surface area (Å²) >= 11 is 0. The van der Waals surface area contributed by atoms with Crippen molar-refractivity contribution >= 4 is 5.97 Å². The molecule has 6 heteroatoms. The number of esters is 1. The Labute approximate surface area is 116 Å². The van der Waals surface area contributed by atoms with Crippen molar-refractivity contribution in [1.29, 1.82) is 0 Å². The Morgan fingerprint density at radius 1 is 1.40 bits per heavy atom. The Kier molecular flexibility index (Phi) is 4.49. The SMILES string of the molecule is C=CCOc1ccccc1-c1n[nH]nc1C(=O)OCC. The first-order valence-corrected chi connectivity index (χ1v) is 6.19. The number of para-hydroxylation sites is 1. The van der Waals surface area contributed by atoms with E-state index in [4.69, 9.17) is 9.47 Å². The van der Waals surface area contributed by atoms with E-state index in [1.165, 1.54) is 0 Å². The summed E-state index contributed by atoms with van der Waals surface area (Å²) in [4.78, 5) is 11.8. The summed E-state index contributed by atoms with van der Waals surface area (Å²) in [5, 5.41) is 10.3. The van der Waals surface area contributed by atoms with E-state index in [0.29, 0.717) is 23.6 Å². The number of hydrogen-bond donors (Lipinski definition) is 1. The molecule has 1 N–H and O–H groups in total. The molecular formula is C14H15N3O3. The molecule has 0 aliphatic rings. The summed E-state index contributed by atoms with van der Waals surface area (Å²) in [5.74, 6) is 0.0848. The molecule has 0 aliphatic carbocycles. The van der Waals surface area contributed by atoms with Gasteiger partial charge < -0.3 is 9.47 Å². The van der Waals surface area contributed by atoms with Gasteiger partial charge in [-0.1, -0.05) is 24.8 Å². The van der Waals surface area contributed by atoms with Crippen LogP contribution in [0.2, 0.25) is 0 Å². The number of aromatic nitrogens is 3. The first-order valence-electron chi connectivity index (χ1n) is 6.19. The minimum atomic E-state index is -0.519. The Hall–Kier alpha value is -2.63. The molecule has 6 nitrogen and oxygen atoms in total. The molecule has 0 saturated heterocycles. The van der Waals surface area contributed by atoms with Crippen LogP contribution in [0.25, 0.3) is 11.3 Å². The van der Waals surface area contributed by atoms with Gasteiger partial charge in [0.05, 0.1) is 6.61 Å². The number of nitrogens with zero attached hydrogens (tertiary/aromatic N) is 2. The molecule has 0 spiro atoms. The Morgan fingerprint density at radius 2 is 2.20 bits per heavy atom. The van der Waals surface area contributed by atoms with Gasteiger partial charge in [0.15, 0.2) is 5.69 Å². The number of carbonyl (C=O) groups excluding carboxylic acids is 1. The highest BCUT2D eigenvalue weighted by Crippen LogP contribution is 2.30. The highest BCUT2D eigenvalue weighted by atomic mass is 16.5. The fourth-order valence-electron chi connectivity index (χ4n) is 1.70. The molecule has 0 fully saturated rings. The number of aromatic amines is 1. The normalized spacial score (nSPS) is 10.1. The smallest absolute Gasteiger partial charge is 0.361 e. The third kappa shape index (κ3) is 2.85. The lowest BCUT2D eigenvalue weighted by molar-refractivity contribution is 0.0520. The van der Waals surface area contributed by atoms with Gasteiger partial charge >= 0.3 is 5.97 Å². The second-order valence-electron chi connectivity index (χ2n) is 3.84. The molecule has 104 valence electrons. The summed E-state index contributed by atoms with van der Waals surface area (Å²) in [5.41, 5.74) is 1.22. The summed E-state index contributed by atoms with van der Waals surface area (Å²) < 4.78 is 10.5. The van der Waals surface area contributed by atoms with Gasteiger partial charge in [0.1, 0.15) is 18.1 Å². The average molecular weight is 273 g/mol. The highest BCUT2D eigenvalue weighted by Gasteiger charge is 2.21. The van der Waals surface area contributed by atoms with E-state index >= 15 is 0 Å². The maximum absolute atomic E-state index is 11.8. The summed E-state index contributed by atoms with van der Waals surface area (Å²) in [7, 11) is 0. The van der Waals surface area contributed by atoms with Crippen LogP contribution in [-0.4, -0.2) is 34.6 Å². The van der Waals surface area contributed by atoms with Gasteiger partial charge in [-0.15, -0.1) is 5.10 Å². The molecule has 1 aromatic carbocycles. The van der Waals surface area contributed by atoms with E-state index in [9.17, 15) is 4.79 Å². The average Bonchev–Trinajstić information content (AvgIpc) is 2.95. The van der Waals surface area contributed by atoms with Crippen molar-refractivity contribution < 1.29 is 14.3 Å². The van der Waals surface area contributed by atoms with Crippen molar-refractivity contribution in [3.63, 3.8) is 0 Å². The van der Waals surface area contributed by atoms with E-state index in [1.54, 1.807) is 25.1 Å². The fraction of sp³-hybridized carbons (Fsp3) is 0.214. The van der Waals surface area contributed by atoms with Gasteiger partial charge in [0, 0.05) is 5.56 Å². The minimum Gasteiger partial charge on any atom is -0.489 e. The number of hydrogen-bond acceptors (Lipinski definition) is 5. The third-order valence-electron chi connectivity index (χ3n) is 2.52. The molecule has 0 saturated carbocycles. The number of benzene rings is 1. The second-order valence-corrected chi connectivity index (χ2v) is 3.84. The lowest BCUT2D eigenvalue weighted by Gasteiger charge is -2.08. The quantitative estimate of drug-likeness (QED) is 0.645. The Bertz CT molecular complexity index is 607. The van der Waals surface area contributed by atoms with Crippen molar-refractivity contribution in [2.45, 2.75) is 6.92 Å². The Balaban J connectivity index is 2.39. The van der Waals surface area contributed by atoms with Crippen LogP contribution in [0.1, 0.15) is 17.4 Å². The molecule has 0 aliphatic heterocycles. The zero-order chi connectivity index (χ0) is 14.4. The second kappa shape index (κ2) is 6.51. The number of H-pyrrole nitrogens is 1. The van der Waals surface area contributed by atoms with Crippen LogP contribution < -0.4 is 4.74 Å². The van der Waals surface area contributed by atoms with Crippen molar-refractivity contribution in [2.24, 2.45) is 0 Å². The van der Waals surface area contributed by atoms with Gasteiger partial charge in [-0.2, -0.15) is 10.3 Å². The lowest BCUT2D eigenvalue weighted by atomic mass is 10.1. The highest BCUT2D eigenvalue weighted by molar-refractivity contribution is 5.94. The molecule has 0 unspecified atom stereocenters. The van der Waals surface area contributed by atoms with Crippen molar-refractivity contribution in [3.05, 3.63) is 42.6 Å². The summed E-state index contributed by atoms with van der Waals surface area (Å²) in [6, 6.07) is 7.27. The van der Waals surface area contributed by atoms with Crippen LogP contribution in [0.15, 0.2) is 36.9 Å². The largest absolute Gasteiger partial charge is 0.489 e. The third-order valence-corrected chi connectivity index (χ3v) is 2.52. The monoisotopic (exact) mass is 273 g/mol. The zero-order valence-electron chi connectivity index (χ0n) is 11.1. The molecule has 20 heavy (non-hydrogen) atoms. The molecule has 2 aromatic rings. The van der Waals surface area contributed by atoms with Crippen molar-refractivity contribution in [3.8, 4) is 17.0 Å². The number of ether oxygens (including phenoxy) is 2. The fourth-order valence-corrected chi connectivity index (χ4v) is 1.70. The van der Waals surface area contributed by atoms with Crippen LogP contribution in [0.5, 0.6) is 5.75 Å². The number of rotatable bonds is 6. The topological polar surface area (TPSA) is 77.1 Å². The van der Waals surface area contributed by atoms with E-state index < -0.39 is 5.97 Å². The summed E-state index contributed by atoms with van der Waals surface area (Å²) in [6.07, 6.45) is 1.64. The lowest BCUT2D eigenvalue weighted by Crippen LogP contribution is -2.07. The molecule has 0 bridgehead atoms. The summed E-state index contributed by atoms with van der Waals surface area (Å²) in [6.45, 7) is 5.98. The zero-order valence-corrected chi connectivity index (χ0v) is 11.1. The molecule has 2 rings (SSSR count). The maximum atomic E-state index is 11.8. The van der Waals surface area contributed by atoms with Gasteiger partial charge in [0.25, 0.3) is 0 Å². The Morgan fingerprint density at radius 3 is 2.95 bits per heavy atom. The predicted octanol–water partition coefficient (Wildman–Crippen LogP) is 2.21. The molecular weight excluding hydrogens is 258 g/mol. The van der Waals surface area contributed by atoms with Crippen molar-refractivity contribution in [1.82, 2.24) is 15.4 Å². The molecule has 0 amide bonds. The number of carbonyl (C=O) groups is 1. The molecule has 1 aromatic heterocycles. The van der Waals surface area contributed by atoms with Crippen LogP contribution >= 0.6 is 0 Å². The van der Waals surface area contributed by atoms with Crippen LogP contribution in [0.3, 0.4) is 0 Å². The predicted molar refractivity (Wildman–Crippen MR) is 73.5 cm³/mol. The molecule has 1 heterocycles. The van der Waals surface area contributed by atoms with Gasteiger partial charge in [0.2, 0.25) is 0 Å². The maximum Gasteiger partial charge on any atom is 0.361 e. The van der Waals surface area contributed by atoms with Crippen LogP contribution in [0.4, 0.5) is 0 Å². The molecule has 0 atom stereocenters. The van der Waals surface area contributed by atoms with Gasteiger partial charge in [-0.3, -0.25) is 0 Å².